The lowest BCUT2D eigenvalue weighted by Crippen LogP contribution is -2.01. The van der Waals surface area contributed by atoms with Crippen molar-refractivity contribution in [2.45, 2.75) is 6.43 Å². The molecule has 0 unspecified atom stereocenters. The minimum absolute atomic E-state index is 0.145. The molecule has 1 aromatic rings. The van der Waals surface area contributed by atoms with Crippen molar-refractivity contribution in [2.24, 2.45) is 0 Å². The van der Waals surface area contributed by atoms with Gasteiger partial charge in [0.15, 0.2) is 6.29 Å². The first-order valence-corrected chi connectivity index (χ1v) is 4.52. The van der Waals surface area contributed by atoms with Gasteiger partial charge in [-0.2, -0.15) is 5.26 Å². The molecule has 0 aliphatic heterocycles. The molecule has 0 aromatic carbocycles. The maximum atomic E-state index is 12.3. The monoisotopic (exact) mass is 308 g/mol. The summed E-state index contributed by atoms with van der Waals surface area (Å²) in [5.41, 5.74) is -0.698. The molecule has 6 heteroatoms. The van der Waals surface area contributed by atoms with E-state index in [-0.39, 0.29) is 14.8 Å². The molecule has 0 saturated heterocycles. The molecule has 0 atom stereocenters. The molecular weight excluding hydrogens is 305 g/mol. The second kappa shape index (κ2) is 4.41. The van der Waals surface area contributed by atoms with Crippen LogP contribution in [-0.4, -0.2) is 11.3 Å². The van der Waals surface area contributed by atoms with Crippen molar-refractivity contribution in [3.05, 3.63) is 26.6 Å². The van der Waals surface area contributed by atoms with E-state index in [1.165, 1.54) is 0 Å². The molecule has 0 radical (unpaired) electrons. The lowest BCUT2D eigenvalue weighted by molar-refractivity contribution is 0.112. The number of nitrogens with zero attached hydrogens (tertiary/aromatic N) is 2. The van der Waals surface area contributed by atoms with E-state index in [9.17, 15) is 13.6 Å². The van der Waals surface area contributed by atoms with Gasteiger partial charge in [0.05, 0.1) is 5.56 Å². The molecule has 0 saturated carbocycles. The zero-order valence-electron chi connectivity index (χ0n) is 6.67. The van der Waals surface area contributed by atoms with Crippen LogP contribution in [0.1, 0.15) is 28.0 Å². The molecule has 0 aliphatic carbocycles. The number of nitriles is 1. The Morgan fingerprint density at radius 2 is 2.29 bits per heavy atom. The zero-order valence-corrected chi connectivity index (χ0v) is 8.83. The first-order valence-electron chi connectivity index (χ1n) is 3.44. The Morgan fingerprint density at radius 3 is 2.71 bits per heavy atom. The summed E-state index contributed by atoms with van der Waals surface area (Å²) in [6, 6.07) is 2.69. The van der Waals surface area contributed by atoms with E-state index in [1.54, 1.807) is 28.7 Å². The Kier molecular flexibility index (Phi) is 3.46. The van der Waals surface area contributed by atoms with Crippen molar-refractivity contribution < 1.29 is 13.6 Å². The molecule has 0 fully saturated rings. The fourth-order valence-corrected chi connectivity index (χ4v) is 1.40. The van der Waals surface area contributed by atoms with Gasteiger partial charge in [0.1, 0.15) is 15.5 Å². The summed E-state index contributed by atoms with van der Waals surface area (Å²) < 4.78 is 24.8. The Labute approximate surface area is 91.9 Å². The highest BCUT2D eigenvalue weighted by Crippen LogP contribution is 2.22. The van der Waals surface area contributed by atoms with Crippen molar-refractivity contribution in [3.63, 3.8) is 0 Å². The fourth-order valence-electron chi connectivity index (χ4n) is 0.858. The average Bonchev–Trinajstić information content (AvgIpc) is 2.17. The van der Waals surface area contributed by atoms with Crippen molar-refractivity contribution in [1.29, 1.82) is 5.26 Å². The SMILES string of the molecule is N#Cc1cc(C=O)c(I)nc1C(F)F. The van der Waals surface area contributed by atoms with E-state index in [0.29, 0.717) is 6.29 Å². The topological polar surface area (TPSA) is 53.8 Å². The summed E-state index contributed by atoms with van der Waals surface area (Å²) in [6.45, 7) is 0. The highest BCUT2D eigenvalue weighted by atomic mass is 127. The Balaban J connectivity index is 3.40. The summed E-state index contributed by atoms with van der Waals surface area (Å²) in [5.74, 6) is 0. The maximum absolute atomic E-state index is 12.3. The number of aldehydes is 1. The molecule has 1 heterocycles. The second-order valence-electron chi connectivity index (χ2n) is 2.33. The first kappa shape index (κ1) is 11.0. The number of aromatic nitrogens is 1. The number of carbonyl (C=O) groups excluding carboxylic acids is 1. The zero-order chi connectivity index (χ0) is 10.7. The summed E-state index contributed by atoms with van der Waals surface area (Å²) >= 11 is 1.67. The third-order valence-electron chi connectivity index (χ3n) is 1.49. The molecule has 1 rings (SSSR count). The quantitative estimate of drug-likeness (QED) is 0.478. The molecule has 0 amide bonds. The molecule has 0 N–H and O–H groups in total. The van der Waals surface area contributed by atoms with E-state index >= 15 is 0 Å². The molecule has 3 nitrogen and oxygen atoms in total. The van der Waals surface area contributed by atoms with Gasteiger partial charge < -0.3 is 0 Å². The third-order valence-corrected chi connectivity index (χ3v) is 2.35. The van der Waals surface area contributed by atoms with Gasteiger partial charge in [-0.05, 0) is 28.7 Å². The molecule has 0 bridgehead atoms. The van der Waals surface area contributed by atoms with Crippen LogP contribution in [0.5, 0.6) is 0 Å². The number of alkyl halides is 2. The van der Waals surface area contributed by atoms with Crippen LogP contribution in [0.4, 0.5) is 8.78 Å². The number of carbonyl (C=O) groups is 1. The molecule has 0 aliphatic rings. The second-order valence-corrected chi connectivity index (χ2v) is 3.35. The van der Waals surface area contributed by atoms with E-state index < -0.39 is 12.1 Å². The van der Waals surface area contributed by atoms with Crippen LogP contribution in [0.3, 0.4) is 0 Å². The van der Waals surface area contributed by atoms with Gasteiger partial charge in [-0.3, -0.25) is 4.79 Å². The molecular formula is C8H3F2IN2O. The van der Waals surface area contributed by atoms with Crippen molar-refractivity contribution in [3.8, 4) is 6.07 Å². The van der Waals surface area contributed by atoms with Crippen molar-refractivity contribution in [1.82, 2.24) is 4.98 Å². The van der Waals surface area contributed by atoms with E-state index in [4.69, 9.17) is 5.26 Å². The fraction of sp³-hybridized carbons (Fsp3) is 0.125. The van der Waals surface area contributed by atoms with Crippen LogP contribution in [0, 0.1) is 15.0 Å². The van der Waals surface area contributed by atoms with Gasteiger partial charge in [0.25, 0.3) is 6.43 Å². The molecule has 14 heavy (non-hydrogen) atoms. The van der Waals surface area contributed by atoms with Crippen LogP contribution in [0.25, 0.3) is 0 Å². The molecule has 0 spiro atoms. The highest BCUT2D eigenvalue weighted by molar-refractivity contribution is 14.1. The first-order chi connectivity index (χ1) is 6.60. The largest absolute Gasteiger partial charge is 0.298 e. The van der Waals surface area contributed by atoms with Crippen LogP contribution in [-0.2, 0) is 0 Å². The van der Waals surface area contributed by atoms with Crippen molar-refractivity contribution in [2.75, 3.05) is 0 Å². The summed E-state index contributed by atoms with van der Waals surface area (Å²) in [4.78, 5) is 13.9. The van der Waals surface area contributed by atoms with Crippen LogP contribution >= 0.6 is 22.6 Å². The Bertz CT molecular complexity index is 415. The van der Waals surface area contributed by atoms with Gasteiger partial charge >= 0.3 is 0 Å². The third kappa shape index (κ3) is 2.04. The Morgan fingerprint density at radius 1 is 1.64 bits per heavy atom. The van der Waals surface area contributed by atoms with E-state index in [1.807, 2.05) is 0 Å². The van der Waals surface area contributed by atoms with Crippen molar-refractivity contribution >= 4 is 28.9 Å². The van der Waals surface area contributed by atoms with Gasteiger partial charge in [-0.15, -0.1) is 0 Å². The lowest BCUT2D eigenvalue weighted by Gasteiger charge is -2.03. The highest BCUT2D eigenvalue weighted by Gasteiger charge is 2.17. The number of pyridine rings is 1. The minimum Gasteiger partial charge on any atom is -0.298 e. The number of hydrogen-bond donors (Lipinski definition) is 0. The predicted molar refractivity (Wildman–Crippen MR) is 52.0 cm³/mol. The maximum Gasteiger partial charge on any atom is 0.281 e. The van der Waals surface area contributed by atoms with Crippen LogP contribution in [0.2, 0.25) is 0 Å². The number of halogens is 3. The van der Waals surface area contributed by atoms with Gasteiger partial charge in [0.2, 0.25) is 0 Å². The normalized spacial score (nSPS) is 9.93. The summed E-state index contributed by atoms with van der Waals surface area (Å²) in [6.07, 6.45) is -2.33. The molecule has 72 valence electrons. The molecule has 1 aromatic heterocycles. The summed E-state index contributed by atoms with van der Waals surface area (Å²) in [7, 11) is 0. The van der Waals surface area contributed by atoms with Gasteiger partial charge in [0, 0.05) is 5.56 Å². The lowest BCUT2D eigenvalue weighted by atomic mass is 10.1. The predicted octanol–water partition coefficient (Wildman–Crippen LogP) is 2.31. The smallest absolute Gasteiger partial charge is 0.281 e. The standard InChI is InChI=1S/C8H3F2IN2O/c9-7(10)6-4(2-12)1-5(3-14)8(11)13-6/h1,3,7H. The minimum atomic E-state index is -2.81. The number of rotatable bonds is 2. The van der Waals surface area contributed by atoms with Gasteiger partial charge in [-0.1, -0.05) is 0 Å². The van der Waals surface area contributed by atoms with E-state index in [2.05, 4.69) is 4.98 Å². The van der Waals surface area contributed by atoms with E-state index in [0.717, 1.165) is 6.07 Å². The average molecular weight is 308 g/mol. The van der Waals surface area contributed by atoms with Gasteiger partial charge in [-0.25, -0.2) is 13.8 Å². The Hall–Kier alpha value is -1.10. The van der Waals surface area contributed by atoms with Crippen LogP contribution < -0.4 is 0 Å². The summed E-state index contributed by atoms with van der Waals surface area (Å²) in [5, 5.41) is 8.54. The number of hydrogen-bond acceptors (Lipinski definition) is 3. The van der Waals surface area contributed by atoms with Crippen LogP contribution in [0.15, 0.2) is 6.07 Å².